The third-order valence-electron chi connectivity index (χ3n) is 1.54. The summed E-state index contributed by atoms with van der Waals surface area (Å²) in [6.45, 7) is 0. The normalized spacial score (nSPS) is 10.1. The molecule has 0 aromatic carbocycles. The Morgan fingerprint density at radius 1 is 1.36 bits per heavy atom. The largest absolute Gasteiger partial charge is 0.480 e. The summed E-state index contributed by atoms with van der Waals surface area (Å²) in [7, 11) is 4.73. The topological polar surface area (TPSA) is 35.0 Å². The molecular formula is C8H6N2OS3. The average Bonchev–Trinajstić information content (AvgIpc) is 2.65. The molecule has 0 saturated carbocycles. The van der Waals surface area contributed by atoms with E-state index in [-0.39, 0.29) is 0 Å². The molecule has 3 nitrogen and oxygen atoms in total. The number of hydrogen-bond acceptors (Lipinski definition) is 6. The monoisotopic (exact) mass is 242 g/mol. The quantitative estimate of drug-likeness (QED) is 0.599. The predicted molar refractivity (Wildman–Crippen MR) is 60.6 cm³/mol. The molecule has 0 fully saturated rings. The Labute approximate surface area is 93.4 Å². The van der Waals surface area contributed by atoms with E-state index in [2.05, 4.69) is 9.97 Å². The van der Waals surface area contributed by atoms with Crippen LogP contribution in [-0.4, -0.2) is 17.1 Å². The SMILES string of the molecule is COc1cncc(-c2cc(=S)ss2)n1. The zero-order valence-electron chi connectivity index (χ0n) is 7.26. The van der Waals surface area contributed by atoms with Crippen molar-refractivity contribution < 1.29 is 4.74 Å². The van der Waals surface area contributed by atoms with Crippen LogP contribution in [-0.2, 0) is 0 Å². The molecule has 2 rings (SSSR count). The fourth-order valence-corrected chi connectivity index (χ4v) is 3.24. The predicted octanol–water partition coefficient (Wildman–Crippen LogP) is 3.00. The van der Waals surface area contributed by atoms with Crippen molar-refractivity contribution in [1.82, 2.24) is 9.97 Å². The number of methoxy groups -OCH3 is 1. The van der Waals surface area contributed by atoms with Crippen molar-refractivity contribution in [2.45, 2.75) is 0 Å². The molecule has 72 valence electrons. The van der Waals surface area contributed by atoms with Crippen LogP contribution in [0.3, 0.4) is 0 Å². The molecule has 14 heavy (non-hydrogen) atoms. The van der Waals surface area contributed by atoms with Gasteiger partial charge in [-0.2, -0.15) is 0 Å². The molecule has 0 bridgehead atoms. The van der Waals surface area contributed by atoms with Crippen molar-refractivity contribution in [1.29, 1.82) is 0 Å². The molecule has 0 saturated heterocycles. The number of hydrogen-bond donors (Lipinski definition) is 0. The van der Waals surface area contributed by atoms with Crippen LogP contribution in [0, 0.1) is 3.82 Å². The fraction of sp³-hybridized carbons (Fsp3) is 0.125. The van der Waals surface area contributed by atoms with Crippen LogP contribution in [0.4, 0.5) is 0 Å². The summed E-state index contributed by atoms with van der Waals surface area (Å²) in [4.78, 5) is 9.33. The van der Waals surface area contributed by atoms with Gasteiger partial charge >= 0.3 is 0 Å². The Kier molecular flexibility index (Phi) is 2.85. The highest BCUT2D eigenvalue weighted by Crippen LogP contribution is 2.28. The Morgan fingerprint density at radius 3 is 2.86 bits per heavy atom. The Hall–Kier alpha value is -0.850. The van der Waals surface area contributed by atoms with Crippen LogP contribution >= 0.6 is 32.9 Å². The van der Waals surface area contributed by atoms with Crippen LogP contribution in [0.5, 0.6) is 5.88 Å². The number of aromatic nitrogens is 2. The van der Waals surface area contributed by atoms with E-state index in [9.17, 15) is 0 Å². The first-order valence-electron chi connectivity index (χ1n) is 3.76. The molecule has 0 amide bonds. The Balaban J connectivity index is 2.46. The molecule has 0 radical (unpaired) electrons. The van der Waals surface area contributed by atoms with E-state index in [1.54, 1.807) is 40.2 Å². The second-order valence-electron chi connectivity index (χ2n) is 2.44. The van der Waals surface area contributed by atoms with E-state index in [0.717, 1.165) is 14.4 Å². The zero-order valence-corrected chi connectivity index (χ0v) is 9.71. The molecule has 0 unspecified atom stereocenters. The first kappa shape index (κ1) is 9.70. The van der Waals surface area contributed by atoms with E-state index < -0.39 is 0 Å². The minimum absolute atomic E-state index is 0.520. The van der Waals surface area contributed by atoms with Crippen LogP contribution in [0.1, 0.15) is 0 Å². The van der Waals surface area contributed by atoms with Crippen LogP contribution < -0.4 is 4.74 Å². The lowest BCUT2D eigenvalue weighted by atomic mass is 10.4. The van der Waals surface area contributed by atoms with Gasteiger partial charge in [0.05, 0.1) is 24.4 Å². The van der Waals surface area contributed by atoms with Gasteiger partial charge in [0.2, 0.25) is 5.88 Å². The lowest BCUT2D eigenvalue weighted by molar-refractivity contribution is 0.396. The van der Waals surface area contributed by atoms with Crippen LogP contribution in [0.2, 0.25) is 0 Å². The van der Waals surface area contributed by atoms with Gasteiger partial charge in [-0.25, -0.2) is 4.98 Å². The van der Waals surface area contributed by atoms with Gasteiger partial charge in [-0.05, 0) is 6.07 Å². The van der Waals surface area contributed by atoms with E-state index in [1.807, 2.05) is 6.07 Å². The summed E-state index contributed by atoms with van der Waals surface area (Å²) in [6.07, 6.45) is 3.28. The molecule has 2 aromatic rings. The molecule has 0 aliphatic carbocycles. The summed E-state index contributed by atoms with van der Waals surface area (Å²) in [5, 5.41) is 0. The summed E-state index contributed by atoms with van der Waals surface area (Å²) < 4.78 is 5.86. The fourth-order valence-electron chi connectivity index (χ4n) is 0.923. The summed E-state index contributed by atoms with van der Waals surface area (Å²) in [5.74, 6) is 0.520. The van der Waals surface area contributed by atoms with Gasteiger partial charge in [-0.1, -0.05) is 32.9 Å². The van der Waals surface area contributed by atoms with Gasteiger partial charge in [0.1, 0.15) is 9.52 Å². The number of nitrogens with zero attached hydrogens (tertiary/aromatic N) is 2. The van der Waals surface area contributed by atoms with Gasteiger partial charge in [-0.3, -0.25) is 4.98 Å². The minimum Gasteiger partial charge on any atom is -0.480 e. The first-order chi connectivity index (χ1) is 6.79. The van der Waals surface area contributed by atoms with Crippen LogP contribution in [0.25, 0.3) is 10.6 Å². The third-order valence-corrected chi connectivity index (χ3v) is 4.42. The van der Waals surface area contributed by atoms with E-state index in [4.69, 9.17) is 17.0 Å². The first-order valence-corrected chi connectivity index (χ1v) is 6.32. The van der Waals surface area contributed by atoms with Crippen molar-refractivity contribution in [2.24, 2.45) is 0 Å². The molecule has 0 spiro atoms. The summed E-state index contributed by atoms with van der Waals surface area (Å²) in [6, 6.07) is 1.92. The van der Waals surface area contributed by atoms with Crippen molar-refractivity contribution in [3.05, 3.63) is 22.3 Å². The van der Waals surface area contributed by atoms with E-state index in [0.29, 0.717) is 5.88 Å². The molecule has 0 atom stereocenters. The molecule has 0 aliphatic heterocycles. The maximum atomic E-state index is 5.04. The maximum Gasteiger partial charge on any atom is 0.232 e. The average molecular weight is 242 g/mol. The second-order valence-corrected chi connectivity index (χ2v) is 5.35. The molecule has 6 heteroatoms. The van der Waals surface area contributed by atoms with Crippen molar-refractivity contribution in [3.63, 3.8) is 0 Å². The second kappa shape index (κ2) is 4.12. The van der Waals surface area contributed by atoms with Gasteiger partial charge < -0.3 is 4.74 Å². The van der Waals surface area contributed by atoms with Crippen molar-refractivity contribution in [3.8, 4) is 16.5 Å². The summed E-state index contributed by atoms with van der Waals surface area (Å²) in [5.41, 5.74) is 0.807. The van der Waals surface area contributed by atoms with Gasteiger partial charge in [-0.15, -0.1) is 0 Å². The van der Waals surface area contributed by atoms with E-state index in [1.165, 1.54) is 0 Å². The molecule has 2 aromatic heterocycles. The van der Waals surface area contributed by atoms with Gasteiger partial charge in [0.25, 0.3) is 0 Å². The smallest absolute Gasteiger partial charge is 0.232 e. The molecule has 0 N–H and O–H groups in total. The lowest BCUT2D eigenvalue weighted by Crippen LogP contribution is -1.90. The van der Waals surface area contributed by atoms with Crippen molar-refractivity contribution in [2.75, 3.05) is 7.11 Å². The summed E-state index contributed by atoms with van der Waals surface area (Å²) >= 11 is 5.04. The van der Waals surface area contributed by atoms with Crippen LogP contribution in [0.15, 0.2) is 18.5 Å². The highest BCUT2D eigenvalue weighted by atomic mass is 32.9. The minimum atomic E-state index is 0.520. The zero-order chi connectivity index (χ0) is 9.97. The molecular weight excluding hydrogens is 236 g/mol. The molecule has 2 heterocycles. The van der Waals surface area contributed by atoms with Gasteiger partial charge in [0.15, 0.2) is 0 Å². The highest BCUT2D eigenvalue weighted by Gasteiger charge is 2.03. The number of rotatable bonds is 2. The lowest BCUT2D eigenvalue weighted by Gasteiger charge is -1.98. The third kappa shape index (κ3) is 1.97. The van der Waals surface area contributed by atoms with E-state index >= 15 is 0 Å². The standard InChI is InChI=1S/C8H6N2OS3/c1-11-7-4-9-3-5(10-7)6-2-8(12)14-13-6/h2-4H,1H3. The molecule has 0 aliphatic rings. The highest BCUT2D eigenvalue weighted by molar-refractivity contribution is 7.80. The maximum absolute atomic E-state index is 5.04. The number of ether oxygens (including phenoxy) is 1. The van der Waals surface area contributed by atoms with Crippen molar-refractivity contribution >= 4 is 32.9 Å². The Bertz CT molecular complexity index is 491. The van der Waals surface area contributed by atoms with Gasteiger partial charge in [0, 0.05) is 0 Å². The Morgan fingerprint density at radius 2 is 2.21 bits per heavy atom.